The average Bonchev–Trinajstić information content (AvgIpc) is 2.46. The van der Waals surface area contributed by atoms with Gasteiger partial charge in [-0.2, -0.15) is 0 Å². The van der Waals surface area contributed by atoms with Crippen molar-refractivity contribution in [1.29, 1.82) is 0 Å². The van der Waals surface area contributed by atoms with Crippen molar-refractivity contribution < 1.29 is 9.90 Å². The van der Waals surface area contributed by atoms with Crippen LogP contribution in [0.5, 0.6) is 0 Å². The molecule has 1 aliphatic rings. The van der Waals surface area contributed by atoms with Crippen molar-refractivity contribution in [3.8, 4) is 0 Å². The number of nitrogens with zero attached hydrogens (tertiary/aromatic N) is 1. The zero-order valence-corrected chi connectivity index (χ0v) is 8.41. The van der Waals surface area contributed by atoms with Crippen molar-refractivity contribution >= 4 is 6.09 Å². The van der Waals surface area contributed by atoms with Gasteiger partial charge in [0.05, 0.1) is 0 Å². The topological polar surface area (TPSA) is 78.6 Å². The van der Waals surface area contributed by atoms with Crippen molar-refractivity contribution in [3.63, 3.8) is 0 Å². The highest BCUT2D eigenvalue weighted by molar-refractivity contribution is 5.63. The summed E-state index contributed by atoms with van der Waals surface area (Å²) in [5, 5.41) is 7.49. The van der Waals surface area contributed by atoms with Crippen LogP contribution in [0.4, 0.5) is 4.79 Å². The van der Waals surface area contributed by atoms with Crippen LogP contribution in [-0.2, 0) is 0 Å². The third-order valence-electron chi connectivity index (χ3n) is 2.02. The van der Waals surface area contributed by atoms with E-state index in [1.54, 1.807) is 0 Å². The van der Waals surface area contributed by atoms with Crippen LogP contribution in [0.1, 0.15) is 25.7 Å². The Morgan fingerprint density at radius 1 is 1.36 bits per heavy atom. The smallest absolute Gasteiger partial charge is 0.418 e. The third-order valence-corrected chi connectivity index (χ3v) is 2.02. The van der Waals surface area contributed by atoms with E-state index in [4.69, 9.17) is 9.90 Å². The molecule has 1 rings (SSSR count). The highest BCUT2D eigenvalue weighted by Crippen LogP contribution is 2.08. The molecule has 0 aromatic heterocycles. The number of nitrogens with two attached hydrogens (primary N) is 1. The zero-order valence-electron chi connectivity index (χ0n) is 8.41. The van der Waals surface area contributed by atoms with Crippen LogP contribution < -0.4 is 11.3 Å². The highest BCUT2D eigenvalue weighted by Gasteiger charge is 2.02. The fraction of sp³-hybridized carbons (Fsp3) is 0.667. The summed E-state index contributed by atoms with van der Waals surface area (Å²) in [6, 6.07) is 0. The van der Waals surface area contributed by atoms with Gasteiger partial charge in [-0.15, -0.1) is 0 Å². The lowest BCUT2D eigenvalue weighted by Gasteiger charge is -2.15. The lowest BCUT2D eigenvalue weighted by molar-refractivity contribution is 0.194. The molecule has 14 heavy (non-hydrogen) atoms. The average molecular weight is 201 g/mol. The molecule has 0 atom stereocenters. The Labute approximate surface area is 84.5 Å². The molecule has 1 fully saturated rings. The lowest BCUT2D eigenvalue weighted by atomic mass is 10.2. The molecule has 0 aromatic rings. The minimum absolute atomic E-state index is 1.22. The number of rotatable bonds is 1. The van der Waals surface area contributed by atoms with E-state index < -0.39 is 6.09 Å². The molecule has 0 unspecified atom stereocenters. The number of likely N-dealkylation sites (tertiary alicyclic amines) is 1. The molecule has 82 valence electrons. The summed E-state index contributed by atoms with van der Waals surface area (Å²) in [6.45, 7) is 6.20. The first kappa shape index (κ1) is 12.8. The molecule has 0 spiro atoms. The van der Waals surface area contributed by atoms with Crippen LogP contribution in [0.2, 0.25) is 0 Å². The van der Waals surface area contributed by atoms with Gasteiger partial charge >= 0.3 is 6.09 Å². The van der Waals surface area contributed by atoms with Crippen molar-refractivity contribution in [1.82, 2.24) is 10.3 Å². The van der Waals surface area contributed by atoms with E-state index in [0.29, 0.717) is 0 Å². The molecule has 0 radical (unpaired) electrons. The summed E-state index contributed by atoms with van der Waals surface area (Å²) in [5.41, 5.74) is 1.44. The van der Waals surface area contributed by atoms with Gasteiger partial charge in [-0.3, -0.25) is 5.43 Å². The summed E-state index contributed by atoms with van der Waals surface area (Å²) < 4.78 is 0. The van der Waals surface area contributed by atoms with Crippen LogP contribution >= 0.6 is 0 Å². The summed E-state index contributed by atoms with van der Waals surface area (Å²) >= 11 is 0. The van der Waals surface area contributed by atoms with E-state index in [9.17, 15) is 0 Å². The highest BCUT2D eigenvalue weighted by atomic mass is 16.4. The second kappa shape index (κ2) is 8.37. The standard InChI is InChI=1S/C8H15N.CH4N2O2/c1-2-9-7-5-3-4-6-8-9;2-3-1(4)5/h2H,1,3-8H2;3H,2H2,(H,4,5). The predicted octanol–water partition coefficient (Wildman–Crippen LogP) is 1.13. The molecule has 5 nitrogen and oxygen atoms in total. The second-order valence-electron chi connectivity index (χ2n) is 3.08. The first-order chi connectivity index (χ1) is 6.70. The summed E-state index contributed by atoms with van der Waals surface area (Å²) in [7, 11) is 0. The third kappa shape index (κ3) is 7.42. The van der Waals surface area contributed by atoms with Gasteiger partial charge < -0.3 is 10.0 Å². The van der Waals surface area contributed by atoms with Gasteiger partial charge in [-0.1, -0.05) is 19.4 Å². The van der Waals surface area contributed by atoms with Gasteiger partial charge in [-0.05, 0) is 19.0 Å². The predicted molar refractivity (Wildman–Crippen MR) is 55.6 cm³/mol. The van der Waals surface area contributed by atoms with E-state index in [1.165, 1.54) is 44.2 Å². The molecular weight excluding hydrogens is 182 g/mol. The summed E-state index contributed by atoms with van der Waals surface area (Å²) in [5.74, 6) is 4.32. The van der Waals surface area contributed by atoms with Crippen LogP contribution in [0.25, 0.3) is 0 Å². The second-order valence-corrected chi connectivity index (χ2v) is 3.08. The molecule has 1 aliphatic heterocycles. The van der Waals surface area contributed by atoms with Crippen molar-refractivity contribution in [3.05, 3.63) is 12.8 Å². The monoisotopic (exact) mass is 201 g/mol. The molecule has 1 heterocycles. The Kier molecular flexibility index (Phi) is 7.64. The first-order valence-corrected chi connectivity index (χ1v) is 4.77. The number of nitrogens with one attached hydrogen (secondary N) is 1. The van der Waals surface area contributed by atoms with E-state index in [1.807, 2.05) is 6.20 Å². The van der Waals surface area contributed by atoms with E-state index >= 15 is 0 Å². The number of hydrogen-bond acceptors (Lipinski definition) is 3. The largest absolute Gasteiger partial charge is 0.464 e. The molecule has 1 saturated heterocycles. The zero-order chi connectivity index (χ0) is 10.8. The van der Waals surface area contributed by atoms with Crippen molar-refractivity contribution in [2.75, 3.05) is 13.1 Å². The fourth-order valence-electron chi connectivity index (χ4n) is 1.28. The van der Waals surface area contributed by atoms with Crippen LogP contribution in [-0.4, -0.2) is 29.2 Å². The van der Waals surface area contributed by atoms with Gasteiger partial charge in [0, 0.05) is 13.1 Å². The van der Waals surface area contributed by atoms with Gasteiger partial charge in [0.25, 0.3) is 0 Å². The van der Waals surface area contributed by atoms with Gasteiger partial charge in [0.15, 0.2) is 0 Å². The first-order valence-electron chi connectivity index (χ1n) is 4.77. The van der Waals surface area contributed by atoms with Crippen molar-refractivity contribution in [2.24, 2.45) is 5.84 Å². The molecule has 0 bridgehead atoms. The minimum atomic E-state index is -1.22. The van der Waals surface area contributed by atoms with E-state index in [0.717, 1.165) is 0 Å². The quantitative estimate of drug-likeness (QED) is 0.337. The van der Waals surface area contributed by atoms with E-state index in [2.05, 4.69) is 17.3 Å². The van der Waals surface area contributed by atoms with Gasteiger partial charge in [0.2, 0.25) is 0 Å². The Morgan fingerprint density at radius 3 is 2.07 bits per heavy atom. The SMILES string of the molecule is C=CN1CCCCCC1.NNC(=O)O. The molecule has 5 heteroatoms. The number of carboxylic acid groups (broad SMARTS) is 1. The molecule has 0 aliphatic carbocycles. The van der Waals surface area contributed by atoms with Crippen LogP contribution in [0.15, 0.2) is 12.8 Å². The molecule has 0 aromatic carbocycles. The Morgan fingerprint density at radius 2 is 1.79 bits per heavy atom. The fourth-order valence-corrected chi connectivity index (χ4v) is 1.28. The summed E-state index contributed by atoms with van der Waals surface area (Å²) in [4.78, 5) is 11.4. The Balaban J connectivity index is 0.000000292. The van der Waals surface area contributed by atoms with Crippen LogP contribution in [0.3, 0.4) is 0 Å². The van der Waals surface area contributed by atoms with Crippen molar-refractivity contribution in [2.45, 2.75) is 25.7 Å². The van der Waals surface area contributed by atoms with E-state index in [-0.39, 0.29) is 0 Å². The molecular formula is C9H19N3O2. The maximum atomic E-state index is 9.13. The minimum Gasteiger partial charge on any atom is -0.464 e. The maximum Gasteiger partial charge on any atom is 0.418 e. The normalized spacial score (nSPS) is 15.9. The van der Waals surface area contributed by atoms with Gasteiger partial charge in [-0.25, -0.2) is 10.6 Å². The molecule has 4 N–H and O–H groups in total. The number of amides is 1. The maximum absolute atomic E-state index is 9.13. The Bertz CT molecular complexity index is 165. The number of carbonyl (C=O) groups is 1. The molecule has 0 saturated carbocycles. The van der Waals surface area contributed by atoms with Crippen LogP contribution in [0, 0.1) is 0 Å². The summed E-state index contributed by atoms with van der Waals surface area (Å²) in [6.07, 6.45) is 6.27. The lowest BCUT2D eigenvalue weighted by Crippen LogP contribution is -2.27. The Hall–Kier alpha value is -1.23. The molecule has 1 amide bonds. The van der Waals surface area contributed by atoms with Gasteiger partial charge in [0.1, 0.15) is 0 Å². The number of hydrogen-bond donors (Lipinski definition) is 3. The number of hydrazine groups is 1.